The molecule has 0 aliphatic carbocycles. The molecule has 0 radical (unpaired) electrons. The Hall–Kier alpha value is -0.720. The van der Waals surface area contributed by atoms with Crippen LogP contribution in [0.1, 0.15) is 6.92 Å². The predicted octanol–water partition coefficient (Wildman–Crippen LogP) is 1.03. The maximum absolute atomic E-state index is 5.12. The van der Waals surface area contributed by atoms with Gasteiger partial charge in [0.1, 0.15) is 0 Å². The minimum atomic E-state index is 0.609. The van der Waals surface area contributed by atoms with Crippen molar-refractivity contribution < 1.29 is 0 Å². The van der Waals surface area contributed by atoms with Gasteiger partial charge in [0.15, 0.2) is 0 Å². The molecule has 0 aromatic carbocycles. The first kappa shape index (κ1) is 5.28. The van der Waals surface area contributed by atoms with Gasteiger partial charge in [0, 0.05) is 5.70 Å². The van der Waals surface area contributed by atoms with Crippen molar-refractivity contribution in [2.24, 2.45) is 5.73 Å². The highest BCUT2D eigenvalue weighted by Crippen LogP contribution is 1.75. The highest BCUT2D eigenvalue weighted by atomic mass is 14.5. The maximum atomic E-state index is 5.12. The largest absolute Gasteiger partial charge is 0.399 e. The fourth-order valence-electron chi connectivity index (χ4n) is 0.214. The molecule has 0 aliphatic heterocycles. The summed E-state index contributed by atoms with van der Waals surface area (Å²) in [5, 5.41) is 0. The molecule has 0 fully saturated rings. The lowest BCUT2D eigenvalue weighted by molar-refractivity contribution is 1.44. The summed E-state index contributed by atoms with van der Waals surface area (Å²) in [5.74, 6) is 0. The van der Waals surface area contributed by atoms with E-state index >= 15 is 0 Å². The standard InChI is InChI=1S/C5H9N/c1-3-4-5(2)6/h3-4H,2,6H2,1H3. The minimum absolute atomic E-state index is 0.609. The van der Waals surface area contributed by atoms with Crippen LogP contribution in [0, 0.1) is 0 Å². The Morgan fingerprint density at radius 2 is 2.33 bits per heavy atom. The first-order valence-corrected chi connectivity index (χ1v) is 1.84. The molecular formula is C5H9N. The van der Waals surface area contributed by atoms with Gasteiger partial charge in [-0.15, -0.1) is 0 Å². The molecule has 0 saturated heterocycles. The third-order valence-electron chi connectivity index (χ3n) is 0.381. The molecule has 0 heterocycles. The Labute approximate surface area is 38.2 Å². The van der Waals surface area contributed by atoms with Crippen LogP contribution in [0.2, 0.25) is 0 Å². The van der Waals surface area contributed by atoms with Crippen molar-refractivity contribution >= 4 is 0 Å². The molecule has 0 aromatic heterocycles. The van der Waals surface area contributed by atoms with Crippen molar-refractivity contribution in [3.8, 4) is 0 Å². The van der Waals surface area contributed by atoms with E-state index in [1.54, 1.807) is 6.08 Å². The first-order valence-electron chi connectivity index (χ1n) is 1.84. The quantitative estimate of drug-likeness (QED) is 0.471. The molecule has 6 heavy (non-hydrogen) atoms. The van der Waals surface area contributed by atoms with E-state index in [4.69, 9.17) is 5.73 Å². The molecule has 0 amide bonds. The smallest absolute Gasteiger partial charge is 0.0237 e. The van der Waals surface area contributed by atoms with Gasteiger partial charge in [-0.3, -0.25) is 0 Å². The molecule has 2 N–H and O–H groups in total. The lowest BCUT2D eigenvalue weighted by atomic mass is 10.4. The van der Waals surface area contributed by atoms with Gasteiger partial charge in [0.05, 0.1) is 0 Å². The third-order valence-corrected chi connectivity index (χ3v) is 0.381. The summed E-state index contributed by atoms with van der Waals surface area (Å²) in [6.45, 7) is 5.34. The van der Waals surface area contributed by atoms with Gasteiger partial charge in [-0.25, -0.2) is 0 Å². The second-order valence-corrected chi connectivity index (χ2v) is 1.07. The lowest BCUT2D eigenvalue weighted by Gasteiger charge is -1.78. The normalized spacial score (nSPS) is 9.50. The fraction of sp³-hybridized carbons (Fsp3) is 0.200. The molecular weight excluding hydrogens is 74.1 g/mol. The second-order valence-electron chi connectivity index (χ2n) is 1.07. The molecule has 0 aromatic rings. The Morgan fingerprint density at radius 3 is 2.33 bits per heavy atom. The third kappa shape index (κ3) is 3.28. The zero-order valence-electron chi connectivity index (χ0n) is 3.94. The molecule has 0 saturated carbocycles. The van der Waals surface area contributed by atoms with Crippen molar-refractivity contribution in [2.75, 3.05) is 0 Å². The van der Waals surface area contributed by atoms with Crippen LogP contribution in [0.15, 0.2) is 24.4 Å². The fourth-order valence-corrected chi connectivity index (χ4v) is 0.214. The van der Waals surface area contributed by atoms with Crippen LogP contribution in [0.5, 0.6) is 0 Å². The highest BCUT2D eigenvalue weighted by Gasteiger charge is 1.63. The number of hydrogen-bond donors (Lipinski definition) is 1. The average molecular weight is 83.1 g/mol. The van der Waals surface area contributed by atoms with Gasteiger partial charge in [-0.1, -0.05) is 12.7 Å². The molecule has 0 rings (SSSR count). The monoisotopic (exact) mass is 83.1 g/mol. The van der Waals surface area contributed by atoms with Crippen LogP contribution >= 0.6 is 0 Å². The van der Waals surface area contributed by atoms with Gasteiger partial charge in [0.2, 0.25) is 0 Å². The van der Waals surface area contributed by atoms with Crippen molar-refractivity contribution in [1.29, 1.82) is 0 Å². The van der Waals surface area contributed by atoms with Crippen molar-refractivity contribution in [3.05, 3.63) is 24.4 Å². The van der Waals surface area contributed by atoms with Crippen molar-refractivity contribution in [2.45, 2.75) is 6.92 Å². The molecule has 0 spiro atoms. The summed E-state index contributed by atoms with van der Waals surface area (Å²) in [5.41, 5.74) is 5.73. The van der Waals surface area contributed by atoms with Gasteiger partial charge in [-0.05, 0) is 13.0 Å². The highest BCUT2D eigenvalue weighted by molar-refractivity contribution is 5.07. The molecule has 0 atom stereocenters. The molecule has 34 valence electrons. The van der Waals surface area contributed by atoms with Gasteiger partial charge in [0.25, 0.3) is 0 Å². The van der Waals surface area contributed by atoms with Crippen LogP contribution < -0.4 is 5.73 Å². The Bertz CT molecular complexity index is 72.0. The van der Waals surface area contributed by atoms with E-state index < -0.39 is 0 Å². The summed E-state index contributed by atoms with van der Waals surface area (Å²) in [6.07, 6.45) is 3.60. The number of nitrogens with two attached hydrogens (primary N) is 1. The van der Waals surface area contributed by atoms with Gasteiger partial charge in [-0.2, -0.15) is 0 Å². The van der Waals surface area contributed by atoms with Crippen molar-refractivity contribution in [1.82, 2.24) is 0 Å². The SMILES string of the molecule is C=C(N)C=CC. The van der Waals surface area contributed by atoms with Crippen molar-refractivity contribution in [3.63, 3.8) is 0 Å². The topological polar surface area (TPSA) is 26.0 Å². The van der Waals surface area contributed by atoms with E-state index in [1.807, 2.05) is 13.0 Å². The van der Waals surface area contributed by atoms with E-state index in [-0.39, 0.29) is 0 Å². The summed E-state index contributed by atoms with van der Waals surface area (Å²) in [4.78, 5) is 0. The van der Waals surface area contributed by atoms with E-state index in [0.717, 1.165) is 0 Å². The predicted molar refractivity (Wildman–Crippen MR) is 28.1 cm³/mol. The molecule has 0 bridgehead atoms. The lowest BCUT2D eigenvalue weighted by Crippen LogP contribution is -1.86. The van der Waals surface area contributed by atoms with Crippen LogP contribution in [-0.2, 0) is 0 Å². The zero-order chi connectivity index (χ0) is 4.99. The van der Waals surface area contributed by atoms with E-state index in [9.17, 15) is 0 Å². The summed E-state index contributed by atoms with van der Waals surface area (Å²) < 4.78 is 0. The van der Waals surface area contributed by atoms with Crippen LogP contribution in [-0.4, -0.2) is 0 Å². The van der Waals surface area contributed by atoms with E-state index in [1.165, 1.54) is 0 Å². The second kappa shape index (κ2) is 2.51. The van der Waals surface area contributed by atoms with Crippen LogP contribution in [0.3, 0.4) is 0 Å². The number of hydrogen-bond acceptors (Lipinski definition) is 1. The zero-order valence-corrected chi connectivity index (χ0v) is 3.94. The van der Waals surface area contributed by atoms with Crippen LogP contribution in [0.4, 0.5) is 0 Å². The average Bonchev–Trinajstić information content (AvgIpc) is 1.35. The Kier molecular flexibility index (Phi) is 2.21. The maximum Gasteiger partial charge on any atom is 0.0237 e. The first-order chi connectivity index (χ1) is 2.77. The number of allylic oxidation sites excluding steroid dienone is 2. The Morgan fingerprint density at radius 1 is 1.83 bits per heavy atom. The molecule has 0 aliphatic rings. The van der Waals surface area contributed by atoms with E-state index in [2.05, 4.69) is 6.58 Å². The minimum Gasteiger partial charge on any atom is -0.399 e. The number of rotatable bonds is 1. The summed E-state index contributed by atoms with van der Waals surface area (Å²) in [6, 6.07) is 0. The molecule has 1 nitrogen and oxygen atoms in total. The van der Waals surface area contributed by atoms with Gasteiger partial charge >= 0.3 is 0 Å². The summed E-state index contributed by atoms with van der Waals surface area (Å²) in [7, 11) is 0. The van der Waals surface area contributed by atoms with E-state index in [0.29, 0.717) is 5.70 Å². The Balaban J connectivity index is 3.30. The van der Waals surface area contributed by atoms with Gasteiger partial charge < -0.3 is 5.73 Å². The molecule has 0 unspecified atom stereocenters. The molecule has 1 heteroatoms. The summed E-state index contributed by atoms with van der Waals surface area (Å²) >= 11 is 0. The van der Waals surface area contributed by atoms with Crippen LogP contribution in [0.25, 0.3) is 0 Å².